The van der Waals surface area contributed by atoms with Crippen LogP contribution in [0.4, 0.5) is 0 Å². The van der Waals surface area contributed by atoms with Gasteiger partial charge in [0.25, 0.3) is 5.56 Å². The first kappa shape index (κ1) is 16.0. The number of thiophene rings is 1. The van der Waals surface area contributed by atoms with Crippen molar-refractivity contribution in [2.24, 2.45) is 5.92 Å². The Balaban J connectivity index is 1.76. The van der Waals surface area contributed by atoms with Gasteiger partial charge in [0.05, 0.1) is 17.5 Å². The molecule has 1 atom stereocenters. The molecule has 1 aliphatic carbocycles. The highest BCUT2D eigenvalue weighted by molar-refractivity contribution is 7.18. The molecule has 0 amide bonds. The molecule has 1 unspecified atom stereocenters. The molecule has 0 aliphatic heterocycles. The zero-order chi connectivity index (χ0) is 17.6. The molecular formula is C18H17N3O3S. The summed E-state index contributed by atoms with van der Waals surface area (Å²) in [7, 11) is 0. The zero-order valence-electron chi connectivity index (χ0n) is 13.7. The molecule has 6 nitrogen and oxygen atoms in total. The predicted octanol–water partition coefficient (Wildman–Crippen LogP) is 2.72. The van der Waals surface area contributed by atoms with Crippen molar-refractivity contribution >= 4 is 27.5 Å². The first-order valence-corrected chi connectivity index (χ1v) is 9.05. The van der Waals surface area contributed by atoms with Crippen LogP contribution in [0.15, 0.2) is 29.1 Å². The van der Waals surface area contributed by atoms with Crippen molar-refractivity contribution in [2.45, 2.75) is 32.7 Å². The standard InChI is InChI=1S/C18H17N3O3S/c1-10-5-6-13-14(7-10)25-16-15(13)17(22)21(20-19-16)9-11-3-2-4-12(8-11)18(23)24/h2-4,8,10H,5-7,9H2,1H3,(H,23,24). The number of nitrogens with zero attached hydrogens (tertiary/aromatic N) is 3. The number of hydrogen-bond acceptors (Lipinski definition) is 5. The second-order valence-corrected chi connectivity index (χ2v) is 7.67. The van der Waals surface area contributed by atoms with Crippen molar-refractivity contribution in [2.75, 3.05) is 0 Å². The number of carboxylic acid groups (broad SMARTS) is 1. The highest BCUT2D eigenvalue weighted by atomic mass is 32.1. The normalized spacial score (nSPS) is 16.8. The number of hydrogen-bond donors (Lipinski definition) is 1. The highest BCUT2D eigenvalue weighted by Gasteiger charge is 2.23. The Morgan fingerprint density at radius 2 is 2.28 bits per heavy atom. The quantitative estimate of drug-likeness (QED) is 0.781. The third-order valence-corrected chi connectivity index (χ3v) is 5.83. The monoisotopic (exact) mass is 355 g/mol. The SMILES string of the molecule is CC1CCc2c(sc3nnn(Cc4cccc(C(=O)O)c4)c(=O)c23)C1. The van der Waals surface area contributed by atoms with E-state index in [-0.39, 0.29) is 17.7 Å². The van der Waals surface area contributed by atoms with E-state index in [4.69, 9.17) is 5.11 Å². The Morgan fingerprint density at radius 3 is 3.08 bits per heavy atom. The second-order valence-electron chi connectivity index (χ2n) is 6.59. The van der Waals surface area contributed by atoms with Gasteiger partial charge < -0.3 is 5.11 Å². The van der Waals surface area contributed by atoms with E-state index in [9.17, 15) is 9.59 Å². The Kier molecular flexibility index (Phi) is 3.88. The number of fused-ring (bicyclic) bond motifs is 3. The number of carboxylic acids is 1. The average molecular weight is 355 g/mol. The molecule has 0 saturated carbocycles. The zero-order valence-corrected chi connectivity index (χ0v) is 14.5. The maximum atomic E-state index is 12.9. The van der Waals surface area contributed by atoms with Crippen LogP contribution in [0.1, 0.15) is 39.7 Å². The summed E-state index contributed by atoms with van der Waals surface area (Å²) in [4.78, 5) is 26.0. The van der Waals surface area contributed by atoms with E-state index >= 15 is 0 Å². The Morgan fingerprint density at radius 1 is 1.44 bits per heavy atom. The molecule has 3 aromatic rings. The number of aromatic carboxylic acids is 1. The summed E-state index contributed by atoms with van der Waals surface area (Å²) in [6.45, 7) is 2.44. The number of benzene rings is 1. The topological polar surface area (TPSA) is 85.1 Å². The van der Waals surface area contributed by atoms with Gasteiger partial charge in [0.15, 0.2) is 4.83 Å². The number of carbonyl (C=O) groups is 1. The van der Waals surface area contributed by atoms with E-state index in [1.165, 1.54) is 15.6 Å². The van der Waals surface area contributed by atoms with Gasteiger partial charge in [-0.2, -0.15) is 0 Å². The van der Waals surface area contributed by atoms with Crippen LogP contribution < -0.4 is 5.56 Å². The van der Waals surface area contributed by atoms with Crippen molar-refractivity contribution in [1.29, 1.82) is 0 Å². The van der Waals surface area contributed by atoms with Crippen LogP contribution in [0.25, 0.3) is 10.2 Å². The van der Waals surface area contributed by atoms with Crippen LogP contribution in [0.5, 0.6) is 0 Å². The number of rotatable bonds is 3. The summed E-state index contributed by atoms with van der Waals surface area (Å²) in [5.74, 6) is -0.355. The van der Waals surface area contributed by atoms with E-state index in [0.717, 1.165) is 24.8 Å². The van der Waals surface area contributed by atoms with Crippen LogP contribution in [0.2, 0.25) is 0 Å². The molecule has 2 aromatic heterocycles. The van der Waals surface area contributed by atoms with Crippen LogP contribution in [-0.4, -0.2) is 26.1 Å². The molecule has 7 heteroatoms. The Bertz CT molecular complexity index is 1040. The smallest absolute Gasteiger partial charge is 0.335 e. The molecule has 1 aliphatic rings. The van der Waals surface area contributed by atoms with Gasteiger partial charge in [-0.15, -0.1) is 16.4 Å². The van der Waals surface area contributed by atoms with E-state index in [1.54, 1.807) is 29.5 Å². The lowest BCUT2D eigenvalue weighted by molar-refractivity contribution is 0.0696. The lowest BCUT2D eigenvalue weighted by Crippen LogP contribution is -2.25. The summed E-state index contributed by atoms with van der Waals surface area (Å²) < 4.78 is 1.33. The molecule has 2 heterocycles. The van der Waals surface area contributed by atoms with Gasteiger partial charge in [-0.05, 0) is 48.4 Å². The minimum Gasteiger partial charge on any atom is -0.478 e. The summed E-state index contributed by atoms with van der Waals surface area (Å²) in [6.07, 6.45) is 2.99. The van der Waals surface area contributed by atoms with Gasteiger partial charge in [0.1, 0.15) is 0 Å². The van der Waals surface area contributed by atoms with Gasteiger partial charge in [0, 0.05) is 4.88 Å². The molecule has 0 bridgehead atoms. The molecule has 25 heavy (non-hydrogen) atoms. The predicted molar refractivity (Wildman–Crippen MR) is 95.4 cm³/mol. The van der Waals surface area contributed by atoms with E-state index in [1.807, 2.05) is 0 Å². The van der Waals surface area contributed by atoms with Gasteiger partial charge >= 0.3 is 5.97 Å². The fourth-order valence-corrected chi connectivity index (χ4v) is 4.69. The summed E-state index contributed by atoms with van der Waals surface area (Å²) in [5.41, 5.74) is 1.90. The first-order chi connectivity index (χ1) is 12.0. The van der Waals surface area contributed by atoms with E-state index in [2.05, 4.69) is 17.2 Å². The third kappa shape index (κ3) is 2.84. The van der Waals surface area contributed by atoms with Crippen molar-refractivity contribution in [3.05, 3.63) is 56.2 Å². The molecule has 0 radical (unpaired) electrons. The lowest BCUT2D eigenvalue weighted by atomic mass is 9.89. The highest BCUT2D eigenvalue weighted by Crippen LogP contribution is 2.35. The first-order valence-electron chi connectivity index (χ1n) is 8.23. The van der Waals surface area contributed by atoms with Crippen molar-refractivity contribution in [3.8, 4) is 0 Å². The fourth-order valence-electron chi connectivity index (χ4n) is 3.37. The van der Waals surface area contributed by atoms with Crippen molar-refractivity contribution in [1.82, 2.24) is 15.0 Å². The average Bonchev–Trinajstić information content (AvgIpc) is 2.95. The maximum absolute atomic E-state index is 12.9. The molecule has 0 spiro atoms. The van der Waals surface area contributed by atoms with Gasteiger partial charge in [-0.25, -0.2) is 9.48 Å². The molecule has 4 rings (SSSR count). The van der Waals surface area contributed by atoms with Crippen molar-refractivity contribution in [3.63, 3.8) is 0 Å². The molecule has 1 aromatic carbocycles. The summed E-state index contributed by atoms with van der Waals surface area (Å²) in [6, 6.07) is 6.55. The van der Waals surface area contributed by atoms with E-state index < -0.39 is 5.97 Å². The van der Waals surface area contributed by atoms with E-state index in [0.29, 0.717) is 21.7 Å². The molecule has 1 N–H and O–H groups in total. The van der Waals surface area contributed by atoms with Crippen LogP contribution in [0, 0.1) is 5.92 Å². The van der Waals surface area contributed by atoms with Gasteiger partial charge in [-0.1, -0.05) is 24.3 Å². The molecular weight excluding hydrogens is 338 g/mol. The van der Waals surface area contributed by atoms with Gasteiger partial charge in [-0.3, -0.25) is 4.79 Å². The van der Waals surface area contributed by atoms with Crippen LogP contribution >= 0.6 is 11.3 Å². The minimum atomic E-state index is -0.989. The third-order valence-electron chi connectivity index (χ3n) is 4.69. The number of aryl methyl sites for hydroxylation is 1. The maximum Gasteiger partial charge on any atom is 0.335 e. The fraction of sp³-hybridized carbons (Fsp3) is 0.333. The number of aromatic nitrogens is 3. The lowest BCUT2D eigenvalue weighted by Gasteiger charge is -2.17. The van der Waals surface area contributed by atoms with Crippen LogP contribution in [-0.2, 0) is 19.4 Å². The summed E-state index contributed by atoms with van der Waals surface area (Å²) in [5, 5.41) is 18.1. The molecule has 0 fully saturated rings. The summed E-state index contributed by atoms with van der Waals surface area (Å²) >= 11 is 1.57. The molecule has 128 valence electrons. The van der Waals surface area contributed by atoms with Crippen LogP contribution in [0.3, 0.4) is 0 Å². The van der Waals surface area contributed by atoms with Gasteiger partial charge in [0.2, 0.25) is 0 Å². The van der Waals surface area contributed by atoms with Crippen molar-refractivity contribution < 1.29 is 9.90 Å². The Hall–Kier alpha value is -2.54. The minimum absolute atomic E-state index is 0.141. The largest absolute Gasteiger partial charge is 0.478 e. The second kappa shape index (κ2) is 6.07. The molecule has 0 saturated heterocycles. The Labute approximate surface area is 147 Å².